The van der Waals surface area contributed by atoms with Crippen LogP contribution in [0.2, 0.25) is 0 Å². The fraction of sp³-hybridized carbons (Fsp3) is 0.250. The van der Waals surface area contributed by atoms with E-state index in [1.165, 1.54) is 29.2 Å². The molecule has 170 valence electrons. The van der Waals surface area contributed by atoms with Crippen molar-refractivity contribution >= 4 is 10.8 Å². The van der Waals surface area contributed by atoms with Crippen LogP contribution in [-0.4, -0.2) is 0 Å². The van der Waals surface area contributed by atoms with Gasteiger partial charge in [0.1, 0.15) is 0 Å². The summed E-state index contributed by atoms with van der Waals surface area (Å²) >= 11 is 0. The fourth-order valence-electron chi connectivity index (χ4n) is 3.24. The number of aryl methyl sites for hydroxylation is 1. The van der Waals surface area contributed by atoms with Crippen molar-refractivity contribution in [3.63, 3.8) is 0 Å². The van der Waals surface area contributed by atoms with Gasteiger partial charge in [-0.1, -0.05) is 31.9 Å². The van der Waals surface area contributed by atoms with Gasteiger partial charge in [-0.2, -0.15) is 37.3 Å². The van der Waals surface area contributed by atoms with Gasteiger partial charge in [-0.25, -0.2) is 12.1 Å². The molecule has 3 aromatic carbocycles. The Morgan fingerprint density at radius 3 is 1.72 bits per heavy atom. The quantitative estimate of drug-likeness (QED) is 0.190. The molecule has 4 rings (SSSR count). The Morgan fingerprint density at radius 1 is 0.862 bits per heavy atom. The zero-order valence-corrected chi connectivity index (χ0v) is 24.4. The van der Waals surface area contributed by atoms with Crippen molar-refractivity contribution in [1.82, 2.24) is 0 Å². The van der Waals surface area contributed by atoms with Crippen molar-refractivity contribution in [3.8, 4) is 0 Å². The molecule has 0 amide bonds. The summed E-state index contributed by atoms with van der Waals surface area (Å²) in [6, 6.07) is 19.3. The van der Waals surface area contributed by atoms with Crippen LogP contribution < -0.4 is 0 Å². The predicted octanol–water partition coefficient (Wildman–Crippen LogP) is 8.94. The van der Waals surface area contributed by atoms with E-state index in [0.717, 1.165) is 0 Å². The van der Waals surface area contributed by atoms with Crippen molar-refractivity contribution in [2.45, 2.75) is 40.5 Å². The third-order valence-electron chi connectivity index (χ3n) is 4.20. The van der Waals surface area contributed by atoms with Crippen molar-refractivity contribution in [2.24, 2.45) is 5.41 Å². The second-order valence-corrected chi connectivity index (χ2v) is 6.70. The number of hydrogen-bond donors (Lipinski definition) is 0. The average Bonchev–Trinajstić information content (AvgIpc) is 3.20. The molecule has 0 saturated heterocycles. The van der Waals surface area contributed by atoms with Crippen LogP contribution in [0, 0.1) is 63.8 Å². The number of hydrogen-bond acceptors (Lipinski definition) is 0. The monoisotopic (exact) mass is 561 g/mol. The Morgan fingerprint density at radius 2 is 1.31 bits per heavy atom. The molecule has 0 radical (unpaired) electrons. The molecular formula is C28H45Hf-9. The summed E-state index contributed by atoms with van der Waals surface area (Å²) in [5.74, 6) is 0. The van der Waals surface area contributed by atoms with Gasteiger partial charge in [-0.3, -0.25) is 0 Å². The molecule has 0 unspecified atom stereocenters. The van der Waals surface area contributed by atoms with Crippen LogP contribution in [0.5, 0.6) is 0 Å². The van der Waals surface area contributed by atoms with E-state index >= 15 is 0 Å². The Hall–Kier alpha value is -0.950. The summed E-state index contributed by atoms with van der Waals surface area (Å²) in [7, 11) is 0. The summed E-state index contributed by atoms with van der Waals surface area (Å²) in [4.78, 5) is 0. The van der Waals surface area contributed by atoms with Gasteiger partial charge in [-0.05, 0) is 18.3 Å². The van der Waals surface area contributed by atoms with E-state index < -0.39 is 0 Å². The topological polar surface area (TPSA) is 0 Å². The first-order valence-corrected chi connectivity index (χ1v) is 8.10. The fourth-order valence-corrected chi connectivity index (χ4v) is 3.24. The molecule has 1 aliphatic rings. The van der Waals surface area contributed by atoms with Crippen LogP contribution in [0.3, 0.4) is 0 Å². The smallest absolute Gasteiger partial charge is 0 e. The first-order chi connectivity index (χ1) is 10.6. The third kappa shape index (κ3) is 11.1. The number of fused-ring (bicyclic) bond motifs is 2. The maximum atomic E-state index is 3.25. The molecule has 0 saturated carbocycles. The maximum Gasteiger partial charge on any atom is 0 e. The minimum Gasteiger partial charge on any atom is -0.358 e. The van der Waals surface area contributed by atoms with Gasteiger partial charge < -0.3 is 51.5 Å². The first-order valence-electron chi connectivity index (χ1n) is 8.10. The van der Waals surface area contributed by atoms with Gasteiger partial charge in [-0.15, -0.1) is 28.5 Å². The van der Waals surface area contributed by atoms with Crippen LogP contribution in [-0.2, 0) is 38.7 Å². The van der Waals surface area contributed by atoms with Gasteiger partial charge in [0.2, 0.25) is 0 Å². The van der Waals surface area contributed by atoms with Gasteiger partial charge in [0.05, 0.1) is 0 Å². The zero-order chi connectivity index (χ0) is 16.2. The third-order valence-corrected chi connectivity index (χ3v) is 4.20. The van der Waals surface area contributed by atoms with Gasteiger partial charge in [0.15, 0.2) is 0 Å². The summed E-state index contributed by atoms with van der Waals surface area (Å²) in [5.41, 5.74) is 5.02. The Bertz CT molecular complexity index is 682. The Kier molecular flexibility index (Phi) is 27.7. The van der Waals surface area contributed by atoms with Crippen molar-refractivity contribution in [3.05, 3.63) is 123 Å². The Labute approximate surface area is 204 Å². The summed E-state index contributed by atoms with van der Waals surface area (Å²) in [6.07, 6.45) is 2.48. The van der Waals surface area contributed by atoms with Crippen LogP contribution in [0.15, 0.2) is 54.6 Å². The standard InChI is InChI=1S/C15H17.C5H5.C2H5.6CH3.Hf/c1-10-4-5-11-6-12-8-15(2,3)9-13(12)7-14(10)11;1-2-4-5-3-1;1-2;;;;;;;/h4-7H,8-9H2,1-3H3;1-5H;1H2,2H3;6*1H3;/q9*-1;. The molecule has 0 nitrogen and oxygen atoms in total. The van der Waals surface area contributed by atoms with Gasteiger partial charge in [0.25, 0.3) is 0 Å². The van der Waals surface area contributed by atoms with Crippen LogP contribution in [0.1, 0.15) is 37.5 Å². The Balaban J connectivity index is -0.0000000839. The van der Waals surface area contributed by atoms with E-state index in [2.05, 4.69) is 52.0 Å². The molecule has 29 heavy (non-hydrogen) atoms. The van der Waals surface area contributed by atoms with Crippen molar-refractivity contribution in [1.29, 1.82) is 0 Å². The molecule has 0 aromatic heterocycles. The zero-order valence-electron chi connectivity index (χ0n) is 20.8. The normalized spacial score (nSPS) is 11.1. The first kappa shape index (κ1) is 42.2. The van der Waals surface area contributed by atoms with E-state index in [4.69, 9.17) is 0 Å². The second-order valence-electron chi connectivity index (χ2n) is 6.70. The largest absolute Gasteiger partial charge is 0.358 e. The van der Waals surface area contributed by atoms with Crippen molar-refractivity contribution in [2.75, 3.05) is 0 Å². The van der Waals surface area contributed by atoms with Crippen LogP contribution >= 0.6 is 0 Å². The van der Waals surface area contributed by atoms with E-state index in [9.17, 15) is 0 Å². The summed E-state index contributed by atoms with van der Waals surface area (Å²) in [6.45, 7) is 11.9. The predicted molar refractivity (Wildman–Crippen MR) is 137 cm³/mol. The van der Waals surface area contributed by atoms with Crippen molar-refractivity contribution < 1.29 is 25.8 Å². The van der Waals surface area contributed by atoms with E-state index in [-0.39, 0.29) is 70.4 Å². The molecule has 0 spiro atoms. The molecule has 0 aliphatic heterocycles. The van der Waals surface area contributed by atoms with E-state index in [1.54, 1.807) is 18.1 Å². The SMILES string of the molecule is C[c-]1ccc2cc3c(cc21)CC(C)(C)C3.[CH2-]C.[CH3-].[CH3-].[CH3-].[CH3-].[CH3-].[CH3-].[Hf].c1cc[cH-]c1. The van der Waals surface area contributed by atoms with Crippen LogP contribution in [0.4, 0.5) is 0 Å². The minimum absolute atomic E-state index is 0. The molecule has 3 aromatic rings. The molecule has 0 heterocycles. The number of benzene rings is 1. The van der Waals surface area contributed by atoms with E-state index in [0.29, 0.717) is 5.41 Å². The van der Waals surface area contributed by atoms with E-state index in [1.807, 2.05) is 30.3 Å². The summed E-state index contributed by atoms with van der Waals surface area (Å²) in [5, 5.41) is 2.87. The van der Waals surface area contributed by atoms with Gasteiger partial charge in [0, 0.05) is 25.8 Å². The maximum absolute atomic E-state index is 3.25. The van der Waals surface area contributed by atoms with Crippen LogP contribution in [0.25, 0.3) is 10.8 Å². The molecule has 0 fully saturated rings. The molecular weight excluding hydrogens is 515 g/mol. The second kappa shape index (κ2) is 19.0. The molecule has 1 aliphatic carbocycles. The molecule has 0 atom stereocenters. The summed E-state index contributed by atoms with van der Waals surface area (Å²) < 4.78 is 0. The number of rotatable bonds is 0. The molecule has 0 bridgehead atoms. The average molecular weight is 560 g/mol. The molecule has 1 heteroatoms. The molecule has 0 N–H and O–H groups in total. The minimum atomic E-state index is 0. The van der Waals surface area contributed by atoms with Gasteiger partial charge >= 0.3 is 0 Å².